The number of hydrogen-bond donors (Lipinski definition) is 3. The number of rotatable bonds is 2. The number of hydrogen-bond acceptors (Lipinski definition) is 6. The van der Waals surface area contributed by atoms with Crippen LogP contribution in [0.5, 0.6) is 0 Å². The van der Waals surface area contributed by atoms with Crippen LogP contribution in [0.4, 0.5) is 0 Å². The van der Waals surface area contributed by atoms with Crippen LogP contribution < -0.4 is 0 Å². The van der Waals surface area contributed by atoms with Gasteiger partial charge in [0.2, 0.25) is 0 Å². The molecule has 0 fully saturated rings. The normalized spacial score (nSPS) is 12.4. The van der Waals surface area contributed by atoms with E-state index in [2.05, 4.69) is 0 Å². The van der Waals surface area contributed by atoms with E-state index in [1.54, 1.807) is 26.0 Å². The Morgan fingerprint density at radius 3 is 1.45 bits per heavy atom. The first-order valence-electron chi connectivity index (χ1n) is 4.66. The smallest absolute Gasteiger partial charge is 0.282 e. The van der Waals surface area contributed by atoms with Crippen LogP contribution >= 0.6 is 0 Å². The maximum atomic E-state index is 10.8. The Labute approximate surface area is 115 Å². The molecule has 0 radical (unpaired) electrons. The van der Waals surface area contributed by atoms with Crippen LogP contribution in [-0.2, 0) is 28.4 Å². The summed E-state index contributed by atoms with van der Waals surface area (Å²) in [4.78, 5) is -0.0116. The van der Waals surface area contributed by atoms with Crippen molar-refractivity contribution in [2.75, 3.05) is 0 Å². The second kappa shape index (κ2) is 6.15. The van der Waals surface area contributed by atoms with Crippen molar-refractivity contribution in [2.45, 2.75) is 18.7 Å². The van der Waals surface area contributed by atoms with E-state index in [0.717, 1.165) is 5.56 Å². The maximum Gasteiger partial charge on any atom is 0.397 e. The lowest BCUT2D eigenvalue weighted by Crippen LogP contribution is -2.11. The first-order valence-corrected chi connectivity index (χ1v) is 9.50. The van der Waals surface area contributed by atoms with Crippen molar-refractivity contribution in [1.29, 1.82) is 0 Å². The second-order valence-corrected chi connectivity index (χ2v) is 9.16. The quantitative estimate of drug-likeness (QED) is 0.501. The van der Waals surface area contributed by atoms with Crippen LogP contribution in [0.25, 0.3) is 0 Å². The van der Waals surface area contributed by atoms with Crippen molar-refractivity contribution >= 4 is 28.4 Å². The lowest BCUT2D eigenvalue weighted by atomic mass is 10.1. The van der Waals surface area contributed by atoms with Gasteiger partial charge in [-0.2, -0.15) is 25.3 Å². The molecular formula is C8H12O9S3. The van der Waals surface area contributed by atoms with Crippen LogP contribution in [0.1, 0.15) is 11.1 Å². The van der Waals surface area contributed by atoms with Gasteiger partial charge in [-0.05, 0) is 31.0 Å². The largest absolute Gasteiger partial charge is 0.397 e. The molecule has 3 N–H and O–H groups in total. The molecule has 0 spiro atoms. The highest BCUT2D eigenvalue weighted by Crippen LogP contribution is 2.17. The fourth-order valence-corrected chi connectivity index (χ4v) is 1.80. The van der Waals surface area contributed by atoms with Crippen molar-refractivity contribution in [1.82, 2.24) is 0 Å². The van der Waals surface area contributed by atoms with Crippen LogP contribution in [-0.4, -0.2) is 38.9 Å². The minimum Gasteiger partial charge on any atom is -0.282 e. The van der Waals surface area contributed by atoms with Gasteiger partial charge in [-0.1, -0.05) is 12.1 Å². The lowest BCUT2D eigenvalue weighted by Gasteiger charge is -2.03. The molecule has 9 nitrogen and oxygen atoms in total. The summed E-state index contributed by atoms with van der Waals surface area (Å²) in [5, 5.41) is 0. The Morgan fingerprint density at radius 2 is 1.20 bits per heavy atom. The standard InChI is InChI=1S/C8H10O3S.H2O6S2/c1-6-4-3-5-8(7(6)2)12(9,10)11;1-7(2,3)8(4,5)6/h3-5H,1-2H3,(H,9,10,11);(H,1,2,3)(H,4,5,6). The van der Waals surface area contributed by atoms with Crippen LogP contribution in [0.15, 0.2) is 23.1 Å². The third-order valence-corrected chi connectivity index (χ3v) is 5.23. The van der Waals surface area contributed by atoms with Crippen LogP contribution in [0.2, 0.25) is 0 Å². The van der Waals surface area contributed by atoms with E-state index in [0.29, 0.717) is 5.56 Å². The summed E-state index contributed by atoms with van der Waals surface area (Å²) >= 11 is 0. The van der Waals surface area contributed by atoms with Gasteiger partial charge in [-0.3, -0.25) is 13.7 Å². The molecule has 0 aliphatic heterocycles. The van der Waals surface area contributed by atoms with E-state index in [1.165, 1.54) is 6.07 Å². The molecule has 12 heteroatoms. The maximum absolute atomic E-state index is 10.8. The van der Waals surface area contributed by atoms with E-state index < -0.39 is 28.4 Å². The highest BCUT2D eigenvalue weighted by molar-refractivity contribution is 8.62. The molecule has 0 saturated heterocycles. The zero-order valence-electron chi connectivity index (χ0n) is 10.2. The zero-order chi connectivity index (χ0) is 16.4. The Balaban J connectivity index is 0.000000396. The molecule has 0 atom stereocenters. The van der Waals surface area contributed by atoms with E-state index in [-0.39, 0.29) is 4.90 Å². The summed E-state index contributed by atoms with van der Waals surface area (Å²) in [5.41, 5.74) is 1.45. The first-order chi connectivity index (χ1) is 8.68. The van der Waals surface area contributed by atoms with Gasteiger partial charge in [-0.25, -0.2) is 0 Å². The number of benzene rings is 1. The minimum absolute atomic E-state index is 0.0116. The predicted molar refractivity (Wildman–Crippen MR) is 68.8 cm³/mol. The Bertz CT molecular complexity index is 758. The van der Waals surface area contributed by atoms with Gasteiger partial charge in [-0.15, -0.1) is 0 Å². The Kier molecular flexibility index (Phi) is 5.83. The monoisotopic (exact) mass is 348 g/mol. The zero-order valence-corrected chi connectivity index (χ0v) is 12.7. The molecule has 1 rings (SSSR count). The summed E-state index contributed by atoms with van der Waals surface area (Å²) < 4.78 is 82.7. The van der Waals surface area contributed by atoms with E-state index in [9.17, 15) is 25.3 Å². The van der Waals surface area contributed by atoms with Gasteiger partial charge >= 0.3 is 18.3 Å². The topological polar surface area (TPSA) is 163 Å². The third kappa shape index (κ3) is 5.52. The van der Waals surface area contributed by atoms with Crippen LogP contribution in [0.3, 0.4) is 0 Å². The van der Waals surface area contributed by atoms with Gasteiger partial charge in [0, 0.05) is 0 Å². The molecule has 1 aromatic rings. The first kappa shape index (κ1) is 18.9. The highest BCUT2D eigenvalue weighted by atomic mass is 33.2. The average Bonchev–Trinajstić information content (AvgIpc) is 2.18. The van der Waals surface area contributed by atoms with Crippen molar-refractivity contribution in [3.05, 3.63) is 29.3 Å². The van der Waals surface area contributed by atoms with E-state index >= 15 is 0 Å². The number of aryl methyl sites for hydroxylation is 1. The van der Waals surface area contributed by atoms with Crippen molar-refractivity contribution < 1.29 is 38.9 Å². The molecule has 0 unspecified atom stereocenters. The van der Waals surface area contributed by atoms with Gasteiger partial charge in [0.25, 0.3) is 10.1 Å². The van der Waals surface area contributed by atoms with Gasteiger partial charge in [0.1, 0.15) is 0 Å². The summed E-state index contributed by atoms with van der Waals surface area (Å²) in [7, 11) is -14.7. The van der Waals surface area contributed by atoms with E-state index in [4.69, 9.17) is 13.7 Å². The van der Waals surface area contributed by atoms with Crippen molar-refractivity contribution in [3.63, 3.8) is 0 Å². The lowest BCUT2D eigenvalue weighted by molar-refractivity contribution is 0.460. The predicted octanol–water partition coefficient (Wildman–Crippen LogP) is 0.227. The molecule has 0 bridgehead atoms. The summed E-state index contributed by atoms with van der Waals surface area (Å²) in [6.45, 7) is 3.46. The Hall–Kier alpha value is -1.05. The summed E-state index contributed by atoms with van der Waals surface area (Å²) in [5.74, 6) is 0. The second-order valence-electron chi connectivity index (χ2n) is 3.53. The Morgan fingerprint density at radius 1 is 0.800 bits per heavy atom. The van der Waals surface area contributed by atoms with Gasteiger partial charge in [0.05, 0.1) is 4.90 Å². The molecule has 0 heterocycles. The molecule has 0 amide bonds. The van der Waals surface area contributed by atoms with Gasteiger partial charge < -0.3 is 0 Å². The SMILES string of the molecule is Cc1cccc(S(=O)(=O)O)c1C.O=S(=O)(O)S(=O)(=O)O. The third-order valence-electron chi connectivity index (χ3n) is 2.10. The molecule has 0 aliphatic rings. The molecule has 20 heavy (non-hydrogen) atoms. The van der Waals surface area contributed by atoms with Crippen molar-refractivity contribution in [3.8, 4) is 0 Å². The van der Waals surface area contributed by atoms with Crippen molar-refractivity contribution in [2.24, 2.45) is 0 Å². The molecule has 0 aliphatic carbocycles. The molecular weight excluding hydrogens is 336 g/mol. The minimum atomic E-state index is -5.31. The van der Waals surface area contributed by atoms with Gasteiger partial charge in [0.15, 0.2) is 0 Å². The fourth-order valence-electron chi connectivity index (χ4n) is 1.00. The molecule has 1 aromatic carbocycles. The molecule has 0 aromatic heterocycles. The average molecular weight is 348 g/mol. The highest BCUT2D eigenvalue weighted by Gasteiger charge is 2.22. The fraction of sp³-hybridized carbons (Fsp3) is 0.250. The summed E-state index contributed by atoms with van der Waals surface area (Å²) in [6.07, 6.45) is 0. The van der Waals surface area contributed by atoms with Crippen LogP contribution in [0, 0.1) is 13.8 Å². The summed E-state index contributed by atoms with van der Waals surface area (Å²) in [6, 6.07) is 4.78. The molecule has 0 saturated carbocycles. The molecule has 116 valence electrons. The van der Waals surface area contributed by atoms with E-state index in [1.807, 2.05) is 0 Å².